The van der Waals surface area contributed by atoms with Gasteiger partial charge in [-0.1, -0.05) is 39.0 Å². The van der Waals surface area contributed by atoms with Crippen molar-refractivity contribution < 1.29 is 23.4 Å². The summed E-state index contributed by atoms with van der Waals surface area (Å²) < 4.78 is 25.8. The topological polar surface area (TPSA) is 57.2 Å². The zero-order valence-corrected chi connectivity index (χ0v) is 20.1. The molecule has 3 fully saturated rings. The van der Waals surface area contributed by atoms with Crippen LogP contribution in [-0.4, -0.2) is 63.1 Å². The minimum atomic E-state index is -2.23. The summed E-state index contributed by atoms with van der Waals surface area (Å²) in [6.07, 6.45) is 1.60. The van der Waals surface area contributed by atoms with Gasteiger partial charge in [0.05, 0.1) is 13.2 Å². The molecule has 7 heteroatoms. The van der Waals surface area contributed by atoms with Gasteiger partial charge in [-0.05, 0) is 36.7 Å². The maximum atomic E-state index is 13.6. The van der Waals surface area contributed by atoms with Crippen LogP contribution in [0.3, 0.4) is 0 Å². The monoisotopic (exact) mass is 433 g/mol. The largest absolute Gasteiger partial charge is 0.402 e. The SMILES string of the molecule is COC1N(C(=O)c2ccccc2)[C@@H]2CCC3(OCCO3)[C@@]1(O[Si](C)(C)C(C)(C)C)C2. The van der Waals surface area contributed by atoms with Gasteiger partial charge in [-0.2, -0.15) is 0 Å². The first-order valence-corrected chi connectivity index (χ1v) is 13.9. The third kappa shape index (κ3) is 3.17. The Morgan fingerprint density at radius 2 is 1.80 bits per heavy atom. The van der Waals surface area contributed by atoms with Crippen LogP contribution in [-0.2, 0) is 18.6 Å². The first kappa shape index (κ1) is 22.0. The average molecular weight is 434 g/mol. The van der Waals surface area contributed by atoms with Crippen molar-refractivity contribution in [2.75, 3.05) is 20.3 Å². The zero-order chi connectivity index (χ0) is 21.8. The van der Waals surface area contributed by atoms with Crippen molar-refractivity contribution in [2.24, 2.45) is 0 Å². The van der Waals surface area contributed by atoms with Gasteiger partial charge in [0, 0.05) is 31.6 Å². The van der Waals surface area contributed by atoms with Gasteiger partial charge in [-0.25, -0.2) is 0 Å². The molecule has 2 bridgehead atoms. The fourth-order valence-corrected chi connectivity index (χ4v) is 6.60. The van der Waals surface area contributed by atoms with E-state index in [-0.39, 0.29) is 17.0 Å². The Bertz CT molecular complexity index is 787. The molecule has 0 aromatic heterocycles. The molecule has 2 heterocycles. The highest BCUT2D eigenvalue weighted by molar-refractivity contribution is 6.74. The highest BCUT2D eigenvalue weighted by Gasteiger charge is 2.72. The molecule has 1 aliphatic carbocycles. The first-order chi connectivity index (χ1) is 14.1. The average Bonchev–Trinajstić information content (AvgIpc) is 3.26. The molecule has 1 aromatic rings. The van der Waals surface area contributed by atoms with Gasteiger partial charge < -0.3 is 23.5 Å². The molecule has 1 saturated carbocycles. The highest BCUT2D eigenvalue weighted by Crippen LogP contribution is 2.57. The Labute approximate surface area is 180 Å². The molecule has 2 saturated heterocycles. The van der Waals surface area contributed by atoms with Gasteiger partial charge >= 0.3 is 0 Å². The van der Waals surface area contributed by atoms with E-state index in [0.717, 1.165) is 6.42 Å². The summed E-state index contributed by atoms with van der Waals surface area (Å²) in [6.45, 7) is 12.2. The number of carbonyl (C=O) groups is 1. The fourth-order valence-electron chi connectivity index (χ4n) is 5.05. The maximum absolute atomic E-state index is 13.6. The van der Waals surface area contributed by atoms with Crippen molar-refractivity contribution in [1.82, 2.24) is 4.90 Å². The summed E-state index contributed by atoms with van der Waals surface area (Å²) in [5.41, 5.74) is -0.175. The number of benzene rings is 1. The lowest BCUT2D eigenvalue weighted by Gasteiger charge is -2.53. The minimum Gasteiger partial charge on any atom is -0.402 e. The van der Waals surface area contributed by atoms with Crippen LogP contribution in [0.2, 0.25) is 18.1 Å². The molecule has 4 rings (SSSR count). The van der Waals surface area contributed by atoms with E-state index in [1.807, 2.05) is 35.2 Å². The number of rotatable bonds is 4. The Morgan fingerprint density at radius 1 is 1.17 bits per heavy atom. The van der Waals surface area contributed by atoms with Crippen LogP contribution in [0.5, 0.6) is 0 Å². The predicted octanol–water partition coefficient (Wildman–Crippen LogP) is 4.17. The first-order valence-electron chi connectivity index (χ1n) is 11.0. The van der Waals surface area contributed by atoms with E-state index in [1.54, 1.807) is 7.11 Å². The molecular formula is C23H35NO5Si. The fraction of sp³-hybridized carbons (Fsp3) is 0.696. The minimum absolute atomic E-state index is 0.00361. The van der Waals surface area contributed by atoms with Crippen molar-refractivity contribution >= 4 is 14.2 Å². The summed E-state index contributed by atoms with van der Waals surface area (Å²) in [7, 11) is -0.569. The van der Waals surface area contributed by atoms with Gasteiger partial charge in [0.25, 0.3) is 5.91 Å². The second-order valence-electron chi connectivity index (χ2n) is 10.3. The van der Waals surface area contributed by atoms with E-state index >= 15 is 0 Å². The van der Waals surface area contributed by atoms with Crippen LogP contribution in [0, 0.1) is 0 Å². The van der Waals surface area contributed by atoms with E-state index in [2.05, 4.69) is 33.9 Å². The number of nitrogens with zero attached hydrogens (tertiary/aromatic N) is 1. The second-order valence-corrected chi connectivity index (χ2v) is 15.0. The van der Waals surface area contributed by atoms with E-state index in [9.17, 15) is 4.79 Å². The lowest BCUT2D eigenvalue weighted by Crippen LogP contribution is -2.68. The Hall–Kier alpha value is -1.25. The molecule has 3 atom stereocenters. The number of amides is 1. The van der Waals surface area contributed by atoms with E-state index in [4.69, 9.17) is 18.6 Å². The molecule has 0 radical (unpaired) electrons. The van der Waals surface area contributed by atoms with E-state index in [1.165, 1.54) is 0 Å². The van der Waals surface area contributed by atoms with Gasteiger partial charge in [-0.3, -0.25) is 4.79 Å². The van der Waals surface area contributed by atoms with Crippen molar-refractivity contribution in [2.45, 2.75) is 81.8 Å². The van der Waals surface area contributed by atoms with Crippen molar-refractivity contribution in [3.8, 4) is 0 Å². The third-order valence-electron chi connectivity index (χ3n) is 7.51. The number of methoxy groups -OCH3 is 1. The van der Waals surface area contributed by atoms with Gasteiger partial charge in [0.2, 0.25) is 5.79 Å². The van der Waals surface area contributed by atoms with Crippen molar-refractivity contribution in [3.05, 3.63) is 35.9 Å². The number of carbonyl (C=O) groups excluding carboxylic acids is 1. The molecule has 1 amide bonds. The standard InChI is InChI=1S/C23H35NO5Si/c1-21(2,3)30(5,6)29-22-16-18(12-13-23(22)27-14-15-28-23)24(20(22)26-4)19(25)17-10-8-7-9-11-17/h7-11,18,20H,12-16H2,1-6H3/t18-,20?,22-/m1/s1. The maximum Gasteiger partial charge on any atom is 0.256 e. The molecule has 1 spiro atoms. The number of ether oxygens (including phenoxy) is 3. The van der Waals surface area contributed by atoms with E-state index < -0.39 is 25.9 Å². The lowest BCUT2D eigenvalue weighted by molar-refractivity contribution is -0.298. The number of likely N-dealkylation sites (tertiary alicyclic amines) is 1. The molecule has 3 aliphatic rings. The molecule has 2 aliphatic heterocycles. The molecule has 6 nitrogen and oxygen atoms in total. The van der Waals surface area contributed by atoms with Crippen LogP contribution in [0.1, 0.15) is 50.4 Å². The van der Waals surface area contributed by atoms with Crippen LogP contribution < -0.4 is 0 Å². The molecule has 0 N–H and O–H groups in total. The smallest absolute Gasteiger partial charge is 0.256 e. The number of hydrogen-bond donors (Lipinski definition) is 0. The van der Waals surface area contributed by atoms with Gasteiger partial charge in [0.15, 0.2) is 20.1 Å². The molecular weight excluding hydrogens is 398 g/mol. The van der Waals surface area contributed by atoms with E-state index in [0.29, 0.717) is 31.6 Å². The summed E-state index contributed by atoms with van der Waals surface area (Å²) >= 11 is 0. The van der Waals surface area contributed by atoms with Gasteiger partial charge in [0.1, 0.15) is 0 Å². The Balaban J connectivity index is 1.80. The summed E-state index contributed by atoms with van der Waals surface area (Å²) in [5.74, 6) is -0.894. The summed E-state index contributed by atoms with van der Waals surface area (Å²) in [6, 6.07) is 9.46. The lowest BCUT2D eigenvalue weighted by atomic mass is 9.79. The van der Waals surface area contributed by atoms with Crippen LogP contribution in [0.15, 0.2) is 30.3 Å². The predicted molar refractivity (Wildman–Crippen MR) is 117 cm³/mol. The summed E-state index contributed by atoms with van der Waals surface area (Å²) in [5, 5.41) is 0.00361. The molecule has 1 aromatic carbocycles. The highest BCUT2D eigenvalue weighted by atomic mass is 28.4. The molecule has 166 valence electrons. The summed E-state index contributed by atoms with van der Waals surface area (Å²) in [4.78, 5) is 15.5. The quantitative estimate of drug-likeness (QED) is 0.667. The van der Waals surface area contributed by atoms with Crippen LogP contribution in [0.4, 0.5) is 0 Å². The second kappa shape index (κ2) is 7.41. The Kier molecular flexibility index (Phi) is 5.43. The van der Waals surface area contributed by atoms with Gasteiger partial charge in [-0.15, -0.1) is 0 Å². The number of fused-ring (bicyclic) bond motifs is 3. The number of hydrogen-bond acceptors (Lipinski definition) is 5. The zero-order valence-electron chi connectivity index (χ0n) is 19.1. The molecule has 1 unspecified atom stereocenters. The van der Waals surface area contributed by atoms with Crippen LogP contribution >= 0.6 is 0 Å². The van der Waals surface area contributed by atoms with Crippen molar-refractivity contribution in [1.29, 1.82) is 0 Å². The third-order valence-corrected chi connectivity index (χ3v) is 12.0. The van der Waals surface area contributed by atoms with Crippen LogP contribution in [0.25, 0.3) is 0 Å². The molecule has 30 heavy (non-hydrogen) atoms. The normalized spacial score (nSPS) is 30.8. The Morgan fingerprint density at radius 3 is 2.37 bits per heavy atom. The van der Waals surface area contributed by atoms with Crippen molar-refractivity contribution in [3.63, 3.8) is 0 Å².